The molecule has 4 rings (SSSR count). The van der Waals surface area contributed by atoms with Crippen molar-refractivity contribution in [1.82, 2.24) is 20.4 Å². The zero-order valence-corrected chi connectivity index (χ0v) is 23.5. The first-order valence-electron chi connectivity index (χ1n) is 12.9. The van der Waals surface area contributed by atoms with Crippen molar-refractivity contribution in [3.8, 4) is 17.6 Å². The summed E-state index contributed by atoms with van der Waals surface area (Å²) in [6, 6.07) is 6.66. The summed E-state index contributed by atoms with van der Waals surface area (Å²) in [5.74, 6) is -2.23. The Balaban J connectivity index is 1.49. The highest BCUT2D eigenvalue weighted by molar-refractivity contribution is 6.31. The number of aromatic amines is 1. The van der Waals surface area contributed by atoms with Crippen molar-refractivity contribution in [2.45, 2.75) is 59.0 Å². The Kier molecular flexibility index (Phi) is 8.17. The molecule has 1 unspecified atom stereocenters. The number of hydrogen-bond acceptors (Lipinski definition) is 6. The Morgan fingerprint density at radius 1 is 1.32 bits per heavy atom. The van der Waals surface area contributed by atoms with Crippen LogP contribution in [0.3, 0.4) is 0 Å². The standard InChI is InChI=1S/C29H31ClFN5O4/c1-17-12-22(27(39)35-34-17)40-21-8-7-18(13-20(21)31)26(38)33-15-25(37)36-23(28(2,3)16-32)9-10-24(36)29(4)11-5-6-19(30)14-29/h5-8,12-14,23-24H,9-11,15H2,1-4H3,(H,33,38)(H,35,39)/t23-,24+,29?/m1/s1. The molecule has 2 aromatic rings. The fourth-order valence-corrected chi connectivity index (χ4v) is 5.76. The third-order valence-corrected chi connectivity index (χ3v) is 7.80. The number of halogens is 2. The summed E-state index contributed by atoms with van der Waals surface area (Å²) in [6.07, 6.45) is 7.77. The van der Waals surface area contributed by atoms with Crippen LogP contribution < -0.4 is 15.6 Å². The maximum absolute atomic E-state index is 14.8. The first kappa shape index (κ1) is 29.0. The number of carbonyl (C=O) groups excluding carboxylic acids is 2. The molecule has 2 aliphatic rings. The number of hydrogen-bond donors (Lipinski definition) is 2. The van der Waals surface area contributed by atoms with E-state index in [4.69, 9.17) is 16.3 Å². The minimum atomic E-state index is -0.856. The molecule has 1 aliphatic heterocycles. The molecule has 1 saturated heterocycles. The van der Waals surface area contributed by atoms with Gasteiger partial charge in [0.25, 0.3) is 5.91 Å². The van der Waals surface area contributed by atoms with Crippen LogP contribution >= 0.6 is 11.6 Å². The van der Waals surface area contributed by atoms with E-state index >= 15 is 0 Å². The Labute approximate surface area is 236 Å². The largest absolute Gasteiger partial charge is 0.448 e. The van der Waals surface area contributed by atoms with Gasteiger partial charge in [0, 0.05) is 28.1 Å². The first-order valence-corrected chi connectivity index (χ1v) is 13.3. The second-order valence-electron chi connectivity index (χ2n) is 11.0. The number of allylic oxidation sites excluding steroid dienone is 3. The zero-order chi connectivity index (χ0) is 29.2. The van der Waals surface area contributed by atoms with E-state index in [1.807, 2.05) is 25.2 Å². The Morgan fingerprint density at radius 3 is 2.75 bits per heavy atom. The second-order valence-corrected chi connectivity index (χ2v) is 11.5. The summed E-state index contributed by atoms with van der Waals surface area (Å²) in [6.45, 7) is 6.96. The summed E-state index contributed by atoms with van der Waals surface area (Å²) in [7, 11) is 0. The van der Waals surface area contributed by atoms with E-state index in [0.717, 1.165) is 6.07 Å². The van der Waals surface area contributed by atoms with E-state index in [1.165, 1.54) is 18.2 Å². The molecule has 1 aromatic heterocycles. The predicted molar refractivity (Wildman–Crippen MR) is 147 cm³/mol. The number of nitriles is 1. The van der Waals surface area contributed by atoms with E-state index in [9.17, 15) is 24.0 Å². The van der Waals surface area contributed by atoms with Crippen LogP contribution in [0.4, 0.5) is 4.39 Å². The Morgan fingerprint density at radius 2 is 2.08 bits per heavy atom. The van der Waals surface area contributed by atoms with Crippen LogP contribution in [-0.2, 0) is 4.79 Å². The molecule has 0 bridgehead atoms. The van der Waals surface area contributed by atoms with Crippen molar-refractivity contribution in [2.24, 2.45) is 10.8 Å². The highest BCUT2D eigenvalue weighted by atomic mass is 35.5. The van der Waals surface area contributed by atoms with Gasteiger partial charge >= 0.3 is 5.56 Å². The number of benzene rings is 1. The molecule has 1 aliphatic carbocycles. The minimum absolute atomic E-state index is 0.0246. The van der Waals surface area contributed by atoms with Crippen molar-refractivity contribution in [3.05, 3.63) is 75.0 Å². The Hall–Kier alpha value is -3.97. The molecule has 40 heavy (non-hydrogen) atoms. The van der Waals surface area contributed by atoms with Gasteiger partial charge in [0.05, 0.1) is 29.8 Å². The van der Waals surface area contributed by atoms with E-state index in [0.29, 0.717) is 30.0 Å². The molecule has 2 amide bonds. The van der Waals surface area contributed by atoms with Gasteiger partial charge < -0.3 is 15.0 Å². The first-order chi connectivity index (χ1) is 18.8. The number of ether oxygens (including phenoxy) is 1. The van der Waals surface area contributed by atoms with Crippen LogP contribution in [0.25, 0.3) is 0 Å². The highest BCUT2D eigenvalue weighted by Crippen LogP contribution is 2.46. The fraction of sp³-hybridized carbons (Fsp3) is 0.414. The number of likely N-dealkylation sites (tertiary alicyclic amines) is 1. The van der Waals surface area contributed by atoms with Crippen molar-refractivity contribution < 1.29 is 18.7 Å². The molecule has 2 N–H and O–H groups in total. The lowest BCUT2D eigenvalue weighted by molar-refractivity contribution is -0.136. The molecule has 210 valence electrons. The zero-order valence-electron chi connectivity index (χ0n) is 22.8. The van der Waals surface area contributed by atoms with Crippen molar-refractivity contribution in [2.75, 3.05) is 6.54 Å². The van der Waals surface area contributed by atoms with E-state index in [-0.39, 0.29) is 41.6 Å². The van der Waals surface area contributed by atoms with Gasteiger partial charge in [0.1, 0.15) is 0 Å². The predicted octanol–water partition coefficient (Wildman–Crippen LogP) is 4.74. The lowest BCUT2D eigenvalue weighted by Gasteiger charge is -2.43. The molecule has 9 nitrogen and oxygen atoms in total. The highest BCUT2D eigenvalue weighted by Gasteiger charge is 2.50. The number of carbonyl (C=O) groups is 2. The van der Waals surface area contributed by atoms with E-state index in [2.05, 4.69) is 21.6 Å². The molecule has 0 radical (unpaired) electrons. The summed E-state index contributed by atoms with van der Waals surface area (Å²) in [5.41, 5.74) is -1.41. The lowest BCUT2D eigenvalue weighted by Crippen LogP contribution is -2.54. The molecule has 0 spiro atoms. The normalized spacial score (nSPS) is 22.4. The van der Waals surface area contributed by atoms with Crippen molar-refractivity contribution in [3.63, 3.8) is 0 Å². The number of nitrogens with zero attached hydrogens (tertiary/aromatic N) is 3. The van der Waals surface area contributed by atoms with Gasteiger partial charge in [0.2, 0.25) is 5.91 Å². The monoisotopic (exact) mass is 567 g/mol. The van der Waals surface area contributed by atoms with Crippen LogP contribution in [0.2, 0.25) is 0 Å². The summed E-state index contributed by atoms with van der Waals surface area (Å²) in [5, 5.41) is 19.0. The number of aryl methyl sites for hydroxylation is 1. The second kappa shape index (κ2) is 11.3. The number of rotatable bonds is 7. The maximum Gasteiger partial charge on any atom is 0.307 e. The number of amides is 2. The van der Waals surface area contributed by atoms with E-state index in [1.54, 1.807) is 25.7 Å². The third-order valence-electron chi connectivity index (χ3n) is 7.57. The topological polar surface area (TPSA) is 128 Å². The average Bonchev–Trinajstić information content (AvgIpc) is 3.38. The SMILES string of the molecule is Cc1cc(Oc2ccc(C(=O)NCC(=O)N3[C@H](C4(C)C=C(Cl)C=CC4)CC[C@@H]3C(C)(C)C#N)cc2F)c(=O)[nH]n1. The van der Waals surface area contributed by atoms with Gasteiger partial charge in [-0.05, 0) is 64.3 Å². The maximum atomic E-state index is 14.8. The van der Waals surface area contributed by atoms with Crippen molar-refractivity contribution in [1.29, 1.82) is 5.26 Å². The molecular formula is C29H31ClFN5O4. The molecule has 2 heterocycles. The van der Waals surface area contributed by atoms with Gasteiger partial charge in [-0.2, -0.15) is 10.4 Å². The van der Waals surface area contributed by atoms with Gasteiger partial charge in [-0.15, -0.1) is 0 Å². The molecule has 11 heteroatoms. The smallest absolute Gasteiger partial charge is 0.307 e. The molecule has 3 atom stereocenters. The summed E-state index contributed by atoms with van der Waals surface area (Å²) >= 11 is 6.32. The summed E-state index contributed by atoms with van der Waals surface area (Å²) in [4.78, 5) is 40.1. The van der Waals surface area contributed by atoms with Crippen LogP contribution in [0.1, 0.15) is 56.1 Å². The quantitative estimate of drug-likeness (QED) is 0.497. The van der Waals surface area contributed by atoms with Gasteiger partial charge in [-0.3, -0.25) is 14.4 Å². The van der Waals surface area contributed by atoms with Crippen LogP contribution in [0.5, 0.6) is 11.5 Å². The van der Waals surface area contributed by atoms with Crippen LogP contribution in [-0.4, -0.2) is 45.5 Å². The number of H-pyrrole nitrogens is 1. The lowest BCUT2D eigenvalue weighted by atomic mass is 9.75. The van der Waals surface area contributed by atoms with Gasteiger partial charge in [-0.1, -0.05) is 30.7 Å². The molecular weight excluding hydrogens is 537 g/mol. The van der Waals surface area contributed by atoms with Crippen molar-refractivity contribution >= 4 is 23.4 Å². The van der Waals surface area contributed by atoms with E-state index < -0.39 is 28.1 Å². The van der Waals surface area contributed by atoms with Crippen LogP contribution in [0.15, 0.2) is 52.3 Å². The molecule has 0 saturated carbocycles. The van der Waals surface area contributed by atoms with Crippen LogP contribution in [0, 0.1) is 34.9 Å². The Bertz CT molecular complexity index is 1490. The third kappa shape index (κ3) is 5.94. The van der Waals surface area contributed by atoms with Gasteiger partial charge in [0.15, 0.2) is 17.3 Å². The molecule has 1 aromatic carbocycles. The summed E-state index contributed by atoms with van der Waals surface area (Å²) < 4.78 is 20.1. The average molecular weight is 568 g/mol. The fourth-order valence-electron chi connectivity index (χ4n) is 5.42. The molecule has 1 fully saturated rings. The van der Waals surface area contributed by atoms with Gasteiger partial charge in [-0.25, -0.2) is 9.49 Å². The minimum Gasteiger partial charge on any atom is -0.448 e. The number of nitrogens with one attached hydrogen (secondary N) is 2. The number of aromatic nitrogens is 2.